The van der Waals surface area contributed by atoms with E-state index < -0.39 is 0 Å². The van der Waals surface area contributed by atoms with E-state index in [4.69, 9.17) is 0 Å². The topological polar surface area (TPSA) is 83.8 Å². The molecule has 3 aromatic rings. The first-order valence-electron chi connectivity index (χ1n) is 9.19. The molecule has 3 aromatic heterocycles. The molecule has 0 spiro atoms. The summed E-state index contributed by atoms with van der Waals surface area (Å²) in [6.45, 7) is 8.61. The van der Waals surface area contributed by atoms with Crippen LogP contribution >= 0.6 is 0 Å². The Bertz CT molecular complexity index is 914. The molecule has 4 heterocycles. The van der Waals surface area contributed by atoms with E-state index in [2.05, 4.69) is 41.7 Å². The predicted molar refractivity (Wildman–Crippen MR) is 105 cm³/mol. The van der Waals surface area contributed by atoms with Gasteiger partial charge in [0.05, 0.1) is 18.1 Å². The van der Waals surface area contributed by atoms with Crippen LogP contribution in [0.5, 0.6) is 0 Å². The van der Waals surface area contributed by atoms with Gasteiger partial charge in [0.25, 0.3) is 0 Å². The molecule has 1 saturated heterocycles. The zero-order valence-electron chi connectivity index (χ0n) is 15.7. The van der Waals surface area contributed by atoms with E-state index in [1.54, 1.807) is 12.4 Å². The van der Waals surface area contributed by atoms with Crippen molar-refractivity contribution in [3.63, 3.8) is 0 Å². The summed E-state index contributed by atoms with van der Waals surface area (Å²) in [7, 11) is 0. The number of rotatable bonds is 5. The maximum atomic E-state index is 4.64. The van der Waals surface area contributed by atoms with Gasteiger partial charge in [0.1, 0.15) is 11.6 Å². The molecule has 1 aliphatic heterocycles. The van der Waals surface area contributed by atoms with Crippen LogP contribution in [0, 0.1) is 13.8 Å². The second-order valence-corrected chi connectivity index (χ2v) is 6.71. The third-order valence-corrected chi connectivity index (χ3v) is 4.57. The Morgan fingerprint density at radius 2 is 1.96 bits per heavy atom. The van der Waals surface area contributed by atoms with Crippen LogP contribution in [0.2, 0.25) is 0 Å². The predicted octanol–water partition coefficient (Wildman–Crippen LogP) is 1.70. The van der Waals surface area contributed by atoms with Gasteiger partial charge in [-0.05, 0) is 37.6 Å². The minimum absolute atomic E-state index is 0.664. The highest BCUT2D eigenvalue weighted by Crippen LogP contribution is 2.15. The van der Waals surface area contributed by atoms with Crippen molar-refractivity contribution in [2.24, 2.45) is 0 Å². The van der Waals surface area contributed by atoms with Gasteiger partial charge < -0.3 is 15.5 Å². The van der Waals surface area contributed by atoms with Crippen molar-refractivity contribution in [2.75, 3.05) is 36.4 Å². The van der Waals surface area contributed by atoms with Gasteiger partial charge in [-0.25, -0.2) is 14.6 Å². The molecule has 0 atom stereocenters. The Balaban J connectivity index is 1.46. The molecule has 0 aliphatic carbocycles. The minimum Gasteiger partial charge on any atom is -0.365 e. The molecular weight excluding hydrogens is 340 g/mol. The van der Waals surface area contributed by atoms with Gasteiger partial charge in [0.2, 0.25) is 0 Å². The number of hydrogen-bond acceptors (Lipinski definition) is 7. The summed E-state index contributed by atoms with van der Waals surface area (Å²) in [6, 6.07) is 6.18. The summed E-state index contributed by atoms with van der Waals surface area (Å²) >= 11 is 0. The second-order valence-electron chi connectivity index (χ2n) is 6.71. The minimum atomic E-state index is 0.664. The summed E-state index contributed by atoms with van der Waals surface area (Å²) in [5.74, 6) is 2.46. The van der Waals surface area contributed by atoms with Crippen molar-refractivity contribution in [1.82, 2.24) is 30.0 Å². The maximum Gasteiger partial charge on any atom is 0.174 e. The third-order valence-electron chi connectivity index (χ3n) is 4.57. The average Bonchev–Trinajstić information content (AvgIpc) is 3.06. The van der Waals surface area contributed by atoms with Crippen molar-refractivity contribution < 1.29 is 0 Å². The van der Waals surface area contributed by atoms with Crippen LogP contribution in [-0.4, -0.2) is 50.9 Å². The van der Waals surface area contributed by atoms with Crippen molar-refractivity contribution in [1.29, 1.82) is 0 Å². The number of anilines is 2. The van der Waals surface area contributed by atoms with Gasteiger partial charge in [-0.15, -0.1) is 0 Å². The maximum absolute atomic E-state index is 4.64. The zero-order valence-corrected chi connectivity index (χ0v) is 15.7. The number of nitrogens with one attached hydrogen (secondary N) is 2. The lowest BCUT2D eigenvalue weighted by Crippen LogP contribution is -2.43. The smallest absolute Gasteiger partial charge is 0.174 e. The highest BCUT2D eigenvalue weighted by atomic mass is 15.3. The van der Waals surface area contributed by atoms with Crippen molar-refractivity contribution in [3.05, 3.63) is 53.7 Å². The van der Waals surface area contributed by atoms with Crippen LogP contribution in [0.25, 0.3) is 5.82 Å². The van der Waals surface area contributed by atoms with Crippen LogP contribution in [0.1, 0.15) is 17.0 Å². The lowest BCUT2D eigenvalue weighted by Gasteiger charge is -2.28. The molecule has 8 nitrogen and oxygen atoms in total. The first-order chi connectivity index (χ1) is 13.2. The summed E-state index contributed by atoms with van der Waals surface area (Å²) in [5, 5.41) is 11.2. The van der Waals surface area contributed by atoms with Gasteiger partial charge >= 0.3 is 0 Å². The molecule has 140 valence electrons. The third kappa shape index (κ3) is 4.06. The second kappa shape index (κ2) is 7.71. The van der Waals surface area contributed by atoms with Crippen LogP contribution in [0.4, 0.5) is 11.6 Å². The summed E-state index contributed by atoms with van der Waals surface area (Å²) < 4.78 is 1.81. The molecule has 4 rings (SSSR count). The van der Waals surface area contributed by atoms with E-state index in [9.17, 15) is 0 Å². The Labute approximate surface area is 158 Å². The van der Waals surface area contributed by atoms with Crippen LogP contribution < -0.4 is 15.5 Å². The lowest BCUT2D eigenvalue weighted by molar-refractivity contribution is 0.585. The van der Waals surface area contributed by atoms with E-state index in [0.717, 1.165) is 54.8 Å². The Morgan fingerprint density at radius 1 is 1.11 bits per heavy atom. The molecular formula is C19H24N8. The SMILES string of the molecule is Cc1cc(C)n(-c2cncc(NCc3ccnc(N4CCNCC4)c3)n2)n1. The number of nitrogens with zero attached hydrogens (tertiary/aromatic N) is 6. The van der Waals surface area contributed by atoms with E-state index in [-0.39, 0.29) is 0 Å². The zero-order chi connectivity index (χ0) is 18.6. The van der Waals surface area contributed by atoms with Gasteiger partial charge in [-0.2, -0.15) is 5.10 Å². The number of aromatic nitrogens is 5. The average molecular weight is 364 g/mol. The fraction of sp³-hybridized carbons (Fsp3) is 0.368. The van der Waals surface area contributed by atoms with Gasteiger partial charge in [-0.1, -0.05) is 0 Å². The number of aryl methyl sites for hydroxylation is 2. The molecule has 0 bridgehead atoms. The molecule has 1 aliphatic rings. The molecule has 8 heteroatoms. The van der Waals surface area contributed by atoms with Crippen LogP contribution in [0.15, 0.2) is 36.8 Å². The lowest BCUT2D eigenvalue weighted by atomic mass is 10.2. The van der Waals surface area contributed by atoms with E-state index >= 15 is 0 Å². The first-order valence-corrected chi connectivity index (χ1v) is 9.19. The Kier molecular flexibility index (Phi) is 4.97. The number of hydrogen-bond donors (Lipinski definition) is 2. The van der Waals surface area contributed by atoms with Crippen molar-refractivity contribution in [3.8, 4) is 5.82 Å². The quantitative estimate of drug-likeness (QED) is 0.713. The van der Waals surface area contributed by atoms with Gasteiger partial charge in [0, 0.05) is 44.6 Å². The molecule has 0 aromatic carbocycles. The number of piperazine rings is 1. The van der Waals surface area contributed by atoms with Crippen molar-refractivity contribution >= 4 is 11.6 Å². The molecule has 0 unspecified atom stereocenters. The largest absolute Gasteiger partial charge is 0.365 e. The molecule has 2 N–H and O–H groups in total. The molecule has 0 radical (unpaired) electrons. The fourth-order valence-corrected chi connectivity index (χ4v) is 3.23. The van der Waals surface area contributed by atoms with Gasteiger partial charge in [-0.3, -0.25) is 4.98 Å². The Morgan fingerprint density at radius 3 is 2.74 bits per heavy atom. The van der Waals surface area contributed by atoms with Crippen LogP contribution in [-0.2, 0) is 6.54 Å². The number of pyridine rings is 1. The molecule has 0 saturated carbocycles. The first kappa shape index (κ1) is 17.4. The van der Waals surface area contributed by atoms with Gasteiger partial charge in [0.15, 0.2) is 5.82 Å². The van der Waals surface area contributed by atoms with E-state index in [0.29, 0.717) is 12.4 Å². The summed E-state index contributed by atoms with van der Waals surface area (Å²) in [6.07, 6.45) is 5.32. The van der Waals surface area contributed by atoms with Crippen LogP contribution in [0.3, 0.4) is 0 Å². The highest BCUT2D eigenvalue weighted by Gasteiger charge is 2.12. The summed E-state index contributed by atoms with van der Waals surface area (Å²) in [5.41, 5.74) is 3.16. The monoisotopic (exact) mass is 364 g/mol. The van der Waals surface area contributed by atoms with E-state index in [1.807, 2.05) is 36.9 Å². The van der Waals surface area contributed by atoms with Crippen molar-refractivity contribution in [2.45, 2.75) is 20.4 Å². The fourth-order valence-electron chi connectivity index (χ4n) is 3.23. The van der Waals surface area contributed by atoms with E-state index in [1.165, 1.54) is 0 Å². The molecule has 1 fully saturated rings. The Hall–Kier alpha value is -3.00. The molecule has 0 amide bonds. The standard InChI is InChI=1S/C19H24N8/c1-14-9-15(2)27(25-14)19-13-21-12-17(24-19)23-11-16-3-4-22-18(10-16)26-7-5-20-6-8-26/h3-4,9-10,12-13,20H,5-8,11H2,1-2H3,(H,23,24). The normalized spacial score (nSPS) is 14.4. The highest BCUT2D eigenvalue weighted by molar-refractivity contribution is 5.43. The molecule has 27 heavy (non-hydrogen) atoms. The summed E-state index contributed by atoms with van der Waals surface area (Å²) in [4.78, 5) is 15.8.